The Morgan fingerprint density at radius 2 is 1.24 bits per heavy atom. The fourth-order valence-electron chi connectivity index (χ4n) is 8.89. The molecule has 7 aromatic rings. The van der Waals surface area contributed by atoms with Crippen LogP contribution < -0.4 is 21.1 Å². The normalized spacial score (nSPS) is 14.7. The second kappa shape index (κ2) is 10.5. The van der Waals surface area contributed by atoms with Gasteiger partial charge in [-0.2, -0.15) is 0 Å². The summed E-state index contributed by atoms with van der Waals surface area (Å²) >= 11 is 0. The molecule has 0 amide bonds. The minimum absolute atomic E-state index is 0.0223. The molecule has 1 aromatic heterocycles. The van der Waals surface area contributed by atoms with Crippen LogP contribution in [0.25, 0.3) is 38.6 Å². The summed E-state index contributed by atoms with van der Waals surface area (Å²) in [6.07, 6.45) is 0. The predicted molar refractivity (Wildman–Crippen MR) is 213 cm³/mol. The van der Waals surface area contributed by atoms with Crippen molar-refractivity contribution in [2.24, 2.45) is 0 Å². The molecular formula is C47H44BNO. The van der Waals surface area contributed by atoms with Crippen molar-refractivity contribution >= 4 is 44.9 Å². The van der Waals surface area contributed by atoms with Crippen molar-refractivity contribution in [3.05, 3.63) is 144 Å². The average Bonchev–Trinajstić information content (AvgIpc) is 3.43. The summed E-state index contributed by atoms with van der Waals surface area (Å²) in [7, 11) is 0. The van der Waals surface area contributed by atoms with E-state index >= 15 is 0 Å². The van der Waals surface area contributed by atoms with E-state index in [9.17, 15) is 0 Å². The SMILES string of the molecule is CC(C)(C)c1ccc2c(c1)B1c3ccc(-c4cccc(-n5c6ccccc6c6ccccc65)c4)cc3C(C)(C)c3c(C(C)(C)C)ccc(c31)O2. The van der Waals surface area contributed by atoms with E-state index in [0.29, 0.717) is 0 Å². The Morgan fingerprint density at radius 1 is 0.580 bits per heavy atom. The zero-order valence-corrected chi connectivity index (χ0v) is 30.5. The Bertz CT molecular complexity index is 2470. The van der Waals surface area contributed by atoms with Gasteiger partial charge in [-0.3, -0.25) is 0 Å². The number of hydrogen-bond donors (Lipinski definition) is 0. The van der Waals surface area contributed by atoms with Crippen LogP contribution >= 0.6 is 0 Å². The molecule has 0 saturated carbocycles. The summed E-state index contributed by atoms with van der Waals surface area (Å²) in [5.74, 6) is 1.97. The highest BCUT2D eigenvalue weighted by Gasteiger charge is 2.47. The number of aromatic nitrogens is 1. The van der Waals surface area contributed by atoms with Crippen molar-refractivity contribution < 1.29 is 4.74 Å². The van der Waals surface area contributed by atoms with Gasteiger partial charge >= 0.3 is 0 Å². The molecule has 6 aromatic carbocycles. The molecule has 3 heterocycles. The van der Waals surface area contributed by atoms with Crippen LogP contribution in [-0.4, -0.2) is 11.3 Å². The Kier molecular flexibility index (Phi) is 6.51. The van der Waals surface area contributed by atoms with E-state index in [4.69, 9.17) is 4.74 Å². The number of ether oxygens (including phenoxy) is 1. The van der Waals surface area contributed by atoms with Gasteiger partial charge in [0.25, 0.3) is 6.71 Å². The fraction of sp³-hybridized carbons (Fsp3) is 0.234. The molecule has 0 N–H and O–H groups in total. The fourth-order valence-corrected chi connectivity index (χ4v) is 8.89. The van der Waals surface area contributed by atoms with Crippen molar-refractivity contribution in [3.8, 4) is 28.3 Å². The van der Waals surface area contributed by atoms with Crippen molar-refractivity contribution in [1.82, 2.24) is 4.57 Å². The van der Waals surface area contributed by atoms with Crippen LogP contribution in [0.4, 0.5) is 0 Å². The van der Waals surface area contributed by atoms with Gasteiger partial charge in [-0.15, -0.1) is 0 Å². The molecule has 246 valence electrons. The number of fused-ring (bicyclic) bond motifs is 7. The van der Waals surface area contributed by atoms with Gasteiger partial charge in [0.05, 0.1) is 11.0 Å². The molecule has 9 rings (SSSR count). The first-order valence-electron chi connectivity index (χ1n) is 18.1. The van der Waals surface area contributed by atoms with Crippen LogP contribution in [0.5, 0.6) is 11.5 Å². The Labute approximate surface area is 296 Å². The van der Waals surface area contributed by atoms with Gasteiger partial charge in [0, 0.05) is 21.9 Å². The zero-order valence-electron chi connectivity index (χ0n) is 30.5. The Morgan fingerprint density at radius 3 is 1.92 bits per heavy atom. The zero-order chi connectivity index (χ0) is 34.7. The number of para-hydroxylation sites is 2. The molecule has 0 atom stereocenters. The maximum Gasteiger partial charge on any atom is 0.251 e. The first-order valence-corrected chi connectivity index (χ1v) is 18.1. The predicted octanol–water partition coefficient (Wildman–Crippen LogP) is 10.3. The van der Waals surface area contributed by atoms with Crippen molar-refractivity contribution in [3.63, 3.8) is 0 Å². The van der Waals surface area contributed by atoms with Crippen LogP contribution in [0.2, 0.25) is 0 Å². The lowest BCUT2D eigenvalue weighted by Gasteiger charge is -2.45. The second-order valence-corrected chi connectivity index (χ2v) is 17.0. The number of nitrogens with zero attached hydrogens (tertiary/aromatic N) is 1. The molecule has 2 aliphatic heterocycles. The number of rotatable bonds is 2. The number of hydrogen-bond acceptors (Lipinski definition) is 1. The summed E-state index contributed by atoms with van der Waals surface area (Å²) < 4.78 is 9.18. The molecule has 2 aliphatic rings. The summed E-state index contributed by atoms with van der Waals surface area (Å²) in [6.45, 7) is 18.9. The molecular weight excluding hydrogens is 605 g/mol. The molecule has 50 heavy (non-hydrogen) atoms. The molecule has 0 unspecified atom stereocenters. The van der Waals surface area contributed by atoms with Crippen molar-refractivity contribution in [2.75, 3.05) is 0 Å². The van der Waals surface area contributed by atoms with E-state index in [2.05, 4.69) is 181 Å². The van der Waals surface area contributed by atoms with Crippen molar-refractivity contribution in [2.45, 2.75) is 71.6 Å². The standard InChI is InChI=1S/C47H44BNO/c1-45(2,3)31-21-24-41-38(28-31)48-37-23-20-30(27-36(37)47(7,8)43-35(46(4,5)6)22-25-42(50-41)44(43)48)29-14-13-15-32(26-29)49-39-18-11-9-16-33(39)34-17-10-12-19-40(34)49/h9-28H,1-8H3. The molecule has 0 bridgehead atoms. The lowest BCUT2D eigenvalue weighted by Crippen LogP contribution is -2.63. The largest absolute Gasteiger partial charge is 0.458 e. The van der Waals surface area contributed by atoms with E-state index in [1.54, 1.807) is 0 Å². The van der Waals surface area contributed by atoms with E-state index in [-0.39, 0.29) is 23.0 Å². The van der Waals surface area contributed by atoms with Gasteiger partial charge in [0.1, 0.15) is 11.5 Å². The number of benzene rings is 6. The maximum absolute atomic E-state index is 6.77. The van der Waals surface area contributed by atoms with Gasteiger partial charge < -0.3 is 9.30 Å². The second-order valence-electron chi connectivity index (χ2n) is 17.0. The monoisotopic (exact) mass is 649 g/mol. The first-order chi connectivity index (χ1) is 23.8. The molecule has 0 radical (unpaired) electrons. The molecule has 2 nitrogen and oxygen atoms in total. The third kappa shape index (κ3) is 4.48. The quantitative estimate of drug-likeness (QED) is 0.170. The minimum atomic E-state index is -0.233. The third-order valence-electron chi connectivity index (χ3n) is 11.4. The minimum Gasteiger partial charge on any atom is -0.458 e. The summed E-state index contributed by atoms with van der Waals surface area (Å²) in [5.41, 5.74) is 15.4. The Balaban J connectivity index is 1.26. The van der Waals surface area contributed by atoms with Gasteiger partial charge in [-0.25, -0.2) is 0 Å². The van der Waals surface area contributed by atoms with Crippen LogP contribution in [0.3, 0.4) is 0 Å². The summed E-state index contributed by atoms with van der Waals surface area (Å²) in [4.78, 5) is 0. The highest BCUT2D eigenvalue weighted by Crippen LogP contribution is 2.44. The summed E-state index contributed by atoms with van der Waals surface area (Å²) in [5, 5.41) is 2.56. The van der Waals surface area contributed by atoms with Gasteiger partial charge in [0.15, 0.2) is 0 Å². The van der Waals surface area contributed by atoms with E-state index in [1.165, 1.54) is 77.3 Å². The van der Waals surface area contributed by atoms with Crippen LogP contribution in [0, 0.1) is 0 Å². The van der Waals surface area contributed by atoms with Crippen LogP contribution in [0.1, 0.15) is 77.6 Å². The van der Waals surface area contributed by atoms with Gasteiger partial charge in [0.2, 0.25) is 0 Å². The van der Waals surface area contributed by atoms with Gasteiger partial charge in [-0.1, -0.05) is 146 Å². The lowest BCUT2D eigenvalue weighted by molar-refractivity contribution is 0.479. The average molecular weight is 650 g/mol. The molecule has 0 spiro atoms. The lowest BCUT2D eigenvalue weighted by atomic mass is 9.30. The highest BCUT2D eigenvalue weighted by molar-refractivity contribution is 6.98. The Hall–Kier alpha value is -5.02. The highest BCUT2D eigenvalue weighted by atomic mass is 16.5. The van der Waals surface area contributed by atoms with Crippen LogP contribution in [0.15, 0.2) is 121 Å². The first kappa shape index (κ1) is 31.0. The molecule has 0 aliphatic carbocycles. The molecule has 3 heteroatoms. The van der Waals surface area contributed by atoms with Gasteiger partial charge in [-0.05, 0) is 91.5 Å². The molecule has 0 saturated heterocycles. The molecule has 0 fully saturated rings. The van der Waals surface area contributed by atoms with Crippen LogP contribution in [-0.2, 0) is 16.2 Å². The van der Waals surface area contributed by atoms with E-state index in [0.717, 1.165) is 11.5 Å². The van der Waals surface area contributed by atoms with E-state index in [1.807, 2.05) is 0 Å². The smallest absolute Gasteiger partial charge is 0.251 e. The maximum atomic E-state index is 6.77. The topological polar surface area (TPSA) is 14.2 Å². The summed E-state index contributed by atoms with van der Waals surface area (Å²) in [6, 6.07) is 45.2. The van der Waals surface area contributed by atoms with E-state index < -0.39 is 0 Å². The third-order valence-corrected chi connectivity index (χ3v) is 11.4. The van der Waals surface area contributed by atoms with Crippen molar-refractivity contribution in [1.29, 1.82) is 0 Å².